The maximum Gasteiger partial charge on any atom is 0.286 e. The fraction of sp³-hybridized carbons (Fsp3) is 0.222. The highest BCUT2D eigenvalue weighted by Crippen LogP contribution is 2.33. The van der Waals surface area contributed by atoms with Crippen molar-refractivity contribution in [3.8, 4) is 11.3 Å². The van der Waals surface area contributed by atoms with E-state index in [2.05, 4.69) is 9.89 Å². The first-order valence-electron chi connectivity index (χ1n) is 8.22. The maximum atomic E-state index is 12.1. The predicted octanol–water partition coefficient (Wildman–Crippen LogP) is 3.92. The van der Waals surface area contributed by atoms with Crippen molar-refractivity contribution in [3.63, 3.8) is 0 Å². The summed E-state index contributed by atoms with van der Waals surface area (Å²) in [7, 11) is 0. The zero-order valence-corrected chi connectivity index (χ0v) is 14.6. The van der Waals surface area contributed by atoms with Crippen LogP contribution >= 0.6 is 11.8 Å². The number of nitrogens with zero attached hydrogens (tertiary/aromatic N) is 3. The molecule has 1 aromatic heterocycles. The van der Waals surface area contributed by atoms with E-state index < -0.39 is 4.92 Å². The van der Waals surface area contributed by atoms with Crippen molar-refractivity contribution < 1.29 is 14.1 Å². The van der Waals surface area contributed by atoms with E-state index in [1.54, 1.807) is 30.3 Å². The summed E-state index contributed by atoms with van der Waals surface area (Å²) in [5.74, 6) is 0.889. The number of rotatable bonds is 3. The van der Waals surface area contributed by atoms with Crippen molar-refractivity contribution in [2.75, 3.05) is 13.1 Å². The van der Waals surface area contributed by atoms with Crippen LogP contribution in [0.25, 0.3) is 17.4 Å². The van der Waals surface area contributed by atoms with Gasteiger partial charge < -0.3 is 9.32 Å². The molecule has 1 fully saturated rings. The lowest BCUT2D eigenvalue weighted by Crippen LogP contribution is -2.23. The van der Waals surface area contributed by atoms with E-state index in [1.807, 2.05) is 0 Å². The number of amidine groups is 1. The molecule has 2 aromatic rings. The number of carbonyl (C=O) groups excluding carboxylic acids is 1. The lowest BCUT2D eigenvalue weighted by atomic mass is 10.1. The highest BCUT2D eigenvalue weighted by atomic mass is 32.2. The SMILES string of the molecule is O=C1N=C(N2CCCC2)S/C1=C\c1ccc(-c2ccc([N+](=O)[O-])cc2)o1. The Morgan fingerprint density at radius 1 is 1.15 bits per heavy atom. The molecule has 0 bridgehead atoms. The Hall–Kier alpha value is -2.87. The average molecular weight is 369 g/mol. The van der Waals surface area contributed by atoms with Crippen molar-refractivity contribution in [2.24, 2.45) is 4.99 Å². The van der Waals surface area contributed by atoms with E-state index >= 15 is 0 Å². The number of amides is 1. The third-order valence-corrected chi connectivity index (χ3v) is 5.29. The number of hydrogen-bond acceptors (Lipinski definition) is 6. The number of non-ortho nitro benzene ring substituents is 1. The third kappa shape index (κ3) is 3.28. The number of carbonyl (C=O) groups is 1. The van der Waals surface area contributed by atoms with E-state index in [9.17, 15) is 14.9 Å². The Balaban J connectivity index is 1.50. The van der Waals surface area contributed by atoms with Gasteiger partial charge >= 0.3 is 0 Å². The van der Waals surface area contributed by atoms with Crippen LogP contribution in [0.15, 0.2) is 50.7 Å². The Morgan fingerprint density at radius 3 is 2.58 bits per heavy atom. The molecule has 0 unspecified atom stereocenters. The van der Waals surface area contributed by atoms with Crippen molar-refractivity contribution in [1.29, 1.82) is 0 Å². The van der Waals surface area contributed by atoms with Gasteiger partial charge in [-0.15, -0.1) is 0 Å². The molecular weight excluding hydrogens is 354 g/mol. The van der Waals surface area contributed by atoms with Crippen molar-refractivity contribution in [3.05, 3.63) is 57.2 Å². The molecule has 8 heteroatoms. The van der Waals surface area contributed by atoms with Crippen LogP contribution in [0.4, 0.5) is 5.69 Å². The van der Waals surface area contributed by atoms with Gasteiger partial charge in [0.1, 0.15) is 11.5 Å². The predicted molar refractivity (Wildman–Crippen MR) is 99.6 cm³/mol. The molecule has 2 aliphatic heterocycles. The minimum Gasteiger partial charge on any atom is -0.457 e. The summed E-state index contributed by atoms with van der Waals surface area (Å²) in [5, 5.41) is 11.5. The van der Waals surface area contributed by atoms with Gasteiger partial charge in [-0.05, 0) is 48.9 Å². The van der Waals surface area contributed by atoms with Crippen LogP contribution in [-0.4, -0.2) is 34.0 Å². The first kappa shape index (κ1) is 16.6. The number of nitro benzene ring substituents is 1. The largest absolute Gasteiger partial charge is 0.457 e. The molecule has 1 amide bonds. The summed E-state index contributed by atoms with van der Waals surface area (Å²) in [6.45, 7) is 1.88. The summed E-state index contributed by atoms with van der Waals surface area (Å²) in [4.78, 5) is 29.2. The number of hydrogen-bond donors (Lipinski definition) is 0. The van der Waals surface area contributed by atoms with Gasteiger partial charge in [-0.1, -0.05) is 0 Å². The molecule has 1 aromatic carbocycles. The van der Waals surface area contributed by atoms with E-state index in [4.69, 9.17) is 4.42 Å². The topological polar surface area (TPSA) is 89.0 Å². The molecule has 26 heavy (non-hydrogen) atoms. The summed E-state index contributed by atoms with van der Waals surface area (Å²) in [6.07, 6.45) is 3.95. The second-order valence-corrected chi connectivity index (χ2v) is 7.02. The normalized spacial score (nSPS) is 18.6. The summed E-state index contributed by atoms with van der Waals surface area (Å²) in [6, 6.07) is 9.69. The standard InChI is InChI=1S/C18H15N3O4S/c22-17-16(26-18(19-17)20-9-1-2-10-20)11-14-7-8-15(25-14)12-3-5-13(6-4-12)21(23)24/h3-8,11H,1-2,9-10H2/b16-11-. The minimum absolute atomic E-state index is 0.0298. The second kappa shape index (κ2) is 6.80. The van der Waals surface area contributed by atoms with Crippen molar-refractivity contribution in [2.45, 2.75) is 12.8 Å². The number of benzene rings is 1. The molecule has 4 rings (SSSR count). The minimum atomic E-state index is -0.442. The fourth-order valence-electron chi connectivity index (χ4n) is 2.90. The van der Waals surface area contributed by atoms with Crippen LogP contribution < -0.4 is 0 Å². The van der Waals surface area contributed by atoms with Crippen LogP contribution in [0.3, 0.4) is 0 Å². The van der Waals surface area contributed by atoms with E-state index in [0.29, 0.717) is 16.4 Å². The molecule has 0 N–H and O–H groups in total. The number of furan rings is 1. The molecular formula is C18H15N3O4S. The maximum absolute atomic E-state index is 12.1. The van der Waals surface area contributed by atoms with Gasteiger partial charge in [0.25, 0.3) is 11.6 Å². The molecule has 0 spiro atoms. The lowest BCUT2D eigenvalue weighted by Gasteiger charge is -2.14. The molecule has 0 saturated carbocycles. The Bertz CT molecular complexity index is 924. The second-order valence-electron chi connectivity index (χ2n) is 6.01. The number of aliphatic imine (C=N–C) groups is 1. The van der Waals surface area contributed by atoms with Crippen LogP contribution in [0.5, 0.6) is 0 Å². The van der Waals surface area contributed by atoms with Gasteiger partial charge in [0.15, 0.2) is 5.17 Å². The van der Waals surface area contributed by atoms with Crippen molar-refractivity contribution in [1.82, 2.24) is 4.90 Å². The zero-order chi connectivity index (χ0) is 18.1. The van der Waals surface area contributed by atoms with Gasteiger partial charge in [0.2, 0.25) is 0 Å². The van der Waals surface area contributed by atoms with E-state index in [-0.39, 0.29) is 11.6 Å². The van der Waals surface area contributed by atoms with Gasteiger partial charge in [-0.2, -0.15) is 4.99 Å². The molecule has 1 saturated heterocycles. The van der Waals surface area contributed by atoms with Gasteiger partial charge in [-0.3, -0.25) is 14.9 Å². The van der Waals surface area contributed by atoms with Crippen LogP contribution in [0, 0.1) is 10.1 Å². The molecule has 2 aliphatic rings. The van der Waals surface area contributed by atoms with Gasteiger partial charge in [-0.25, -0.2) is 0 Å². The van der Waals surface area contributed by atoms with Crippen LogP contribution in [0.1, 0.15) is 18.6 Å². The average Bonchev–Trinajstić information content (AvgIpc) is 3.37. The highest BCUT2D eigenvalue weighted by Gasteiger charge is 2.27. The zero-order valence-electron chi connectivity index (χ0n) is 13.8. The van der Waals surface area contributed by atoms with E-state index in [1.165, 1.54) is 23.9 Å². The smallest absolute Gasteiger partial charge is 0.286 e. The number of thioether (sulfide) groups is 1. The van der Waals surface area contributed by atoms with Crippen molar-refractivity contribution >= 4 is 34.6 Å². The molecule has 0 atom stereocenters. The Morgan fingerprint density at radius 2 is 1.88 bits per heavy atom. The number of likely N-dealkylation sites (tertiary alicyclic amines) is 1. The quantitative estimate of drug-likeness (QED) is 0.463. The lowest BCUT2D eigenvalue weighted by molar-refractivity contribution is -0.384. The molecule has 132 valence electrons. The third-order valence-electron chi connectivity index (χ3n) is 4.25. The first-order valence-corrected chi connectivity index (χ1v) is 9.04. The van der Waals surface area contributed by atoms with E-state index in [0.717, 1.165) is 36.7 Å². The van der Waals surface area contributed by atoms with Gasteiger partial charge in [0, 0.05) is 36.9 Å². The van der Waals surface area contributed by atoms with Crippen LogP contribution in [-0.2, 0) is 4.79 Å². The summed E-state index contributed by atoms with van der Waals surface area (Å²) in [5.41, 5.74) is 0.766. The van der Waals surface area contributed by atoms with Gasteiger partial charge in [0.05, 0.1) is 9.83 Å². The molecule has 0 radical (unpaired) electrons. The first-order chi connectivity index (χ1) is 12.6. The molecule has 3 heterocycles. The Labute approximate surface area is 153 Å². The summed E-state index contributed by atoms with van der Waals surface area (Å²) < 4.78 is 5.76. The molecule has 0 aliphatic carbocycles. The summed E-state index contributed by atoms with van der Waals surface area (Å²) >= 11 is 1.37. The Kier molecular flexibility index (Phi) is 4.34. The van der Waals surface area contributed by atoms with Crippen LogP contribution in [0.2, 0.25) is 0 Å². The number of nitro groups is 1. The highest BCUT2D eigenvalue weighted by molar-refractivity contribution is 8.18. The fourth-order valence-corrected chi connectivity index (χ4v) is 3.85. The molecule has 7 nitrogen and oxygen atoms in total. The monoisotopic (exact) mass is 369 g/mol.